The van der Waals surface area contributed by atoms with Gasteiger partial charge in [0.25, 0.3) is 0 Å². The summed E-state index contributed by atoms with van der Waals surface area (Å²) in [6.07, 6.45) is 0. The van der Waals surface area contributed by atoms with E-state index in [0.717, 1.165) is 0 Å². The molecule has 0 aliphatic rings. The number of nitrogens with one attached hydrogen (secondary N) is 1. The van der Waals surface area contributed by atoms with Gasteiger partial charge in [-0.2, -0.15) is 0 Å². The van der Waals surface area contributed by atoms with Crippen LogP contribution in [0.2, 0.25) is 0 Å². The number of hydrogen-bond acceptors (Lipinski definition) is 2. The molecule has 0 aliphatic heterocycles. The van der Waals surface area contributed by atoms with E-state index >= 15 is 0 Å². The maximum absolute atomic E-state index is 13.5. The van der Waals surface area contributed by atoms with Crippen LogP contribution in [-0.2, 0) is 5.67 Å². The molecule has 1 rings (SSSR count). The summed E-state index contributed by atoms with van der Waals surface area (Å²) in [5, 5.41) is 12.4. The first kappa shape index (κ1) is 9.84. The Morgan fingerprint density at radius 2 is 2.00 bits per heavy atom. The van der Waals surface area contributed by atoms with Gasteiger partial charge in [-0.25, -0.2) is 4.39 Å². The number of para-hydroxylation sites is 1. The number of phenols is 1. The lowest BCUT2D eigenvalue weighted by Crippen LogP contribution is -2.09. The molecule has 0 aliphatic carbocycles. The largest absolute Gasteiger partial charge is 0.505 e. The molecular weight excluding hydrogens is 169 g/mol. The monoisotopic (exact) mass is 183 g/mol. The molecule has 0 amide bonds. The summed E-state index contributed by atoms with van der Waals surface area (Å²) in [4.78, 5) is 0. The van der Waals surface area contributed by atoms with Crippen molar-refractivity contribution in [3.63, 3.8) is 0 Å². The van der Waals surface area contributed by atoms with Crippen molar-refractivity contribution in [2.75, 3.05) is 12.4 Å². The standard InChI is InChI=1S/C10H14FNO/c1-10(2,11)7-5-4-6-8(12-3)9(7)13/h4-6,12-13H,1-3H3. The normalized spacial score (nSPS) is 11.4. The van der Waals surface area contributed by atoms with Crippen LogP contribution in [-0.4, -0.2) is 12.2 Å². The summed E-state index contributed by atoms with van der Waals surface area (Å²) in [5.41, 5.74) is -0.667. The second-order valence-electron chi connectivity index (χ2n) is 3.42. The van der Waals surface area contributed by atoms with E-state index < -0.39 is 5.67 Å². The van der Waals surface area contributed by atoms with Gasteiger partial charge in [-0.05, 0) is 19.9 Å². The van der Waals surface area contributed by atoms with Crippen LogP contribution in [0.25, 0.3) is 0 Å². The van der Waals surface area contributed by atoms with Crippen LogP contribution in [0, 0.1) is 0 Å². The fourth-order valence-corrected chi connectivity index (χ4v) is 1.22. The Bertz CT molecular complexity index is 304. The molecule has 1 aromatic carbocycles. The molecule has 0 radical (unpaired) electrons. The van der Waals surface area contributed by atoms with Crippen LogP contribution < -0.4 is 5.32 Å². The molecule has 13 heavy (non-hydrogen) atoms. The Balaban J connectivity index is 3.24. The van der Waals surface area contributed by atoms with Crippen LogP contribution >= 0.6 is 0 Å². The summed E-state index contributed by atoms with van der Waals surface area (Å²) >= 11 is 0. The minimum Gasteiger partial charge on any atom is -0.505 e. The van der Waals surface area contributed by atoms with Gasteiger partial charge < -0.3 is 10.4 Å². The van der Waals surface area contributed by atoms with E-state index in [1.165, 1.54) is 13.8 Å². The molecule has 0 spiro atoms. The maximum Gasteiger partial charge on any atom is 0.145 e. The Morgan fingerprint density at radius 1 is 1.38 bits per heavy atom. The molecule has 0 bridgehead atoms. The number of halogens is 1. The Hall–Kier alpha value is -1.25. The van der Waals surface area contributed by atoms with E-state index in [4.69, 9.17) is 0 Å². The molecular formula is C10H14FNO. The minimum atomic E-state index is -1.52. The fourth-order valence-electron chi connectivity index (χ4n) is 1.22. The molecule has 2 nitrogen and oxygen atoms in total. The second kappa shape index (κ2) is 3.24. The lowest BCUT2D eigenvalue weighted by molar-refractivity contribution is 0.215. The molecule has 2 N–H and O–H groups in total. The van der Waals surface area contributed by atoms with Crippen molar-refractivity contribution in [2.45, 2.75) is 19.5 Å². The van der Waals surface area contributed by atoms with Crippen molar-refractivity contribution in [1.29, 1.82) is 0 Å². The number of alkyl halides is 1. The van der Waals surface area contributed by atoms with Crippen molar-refractivity contribution >= 4 is 5.69 Å². The van der Waals surface area contributed by atoms with Gasteiger partial charge in [-0.1, -0.05) is 12.1 Å². The van der Waals surface area contributed by atoms with Crippen molar-refractivity contribution in [2.24, 2.45) is 0 Å². The SMILES string of the molecule is CNc1cccc(C(C)(C)F)c1O. The second-order valence-corrected chi connectivity index (χ2v) is 3.42. The molecule has 0 aromatic heterocycles. The van der Waals surface area contributed by atoms with Crippen LogP contribution in [0.1, 0.15) is 19.4 Å². The molecule has 72 valence electrons. The third-order valence-electron chi connectivity index (χ3n) is 1.95. The lowest BCUT2D eigenvalue weighted by atomic mass is 9.98. The number of hydrogen-bond donors (Lipinski definition) is 2. The van der Waals surface area contributed by atoms with E-state index in [-0.39, 0.29) is 5.75 Å². The van der Waals surface area contributed by atoms with Crippen molar-refractivity contribution < 1.29 is 9.50 Å². The predicted octanol–water partition coefficient (Wildman–Crippen LogP) is 2.64. The smallest absolute Gasteiger partial charge is 0.145 e. The highest BCUT2D eigenvalue weighted by Gasteiger charge is 2.23. The van der Waals surface area contributed by atoms with E-state index in [1.807, 2.05) is 0 Å². The summed E-state index contributed by atoms with van der Waals surface area (Å²) < 4.78 is 13.5. The molecule has 0 unspecified atom stereocenters. The van der Waals surface area contributed by atoms with Gasteiger partial charge in [0.2, 0.25) is 0 Å². The highest BCUT2D eigenvalue weighted by Crippen LogP contribution is 2.36. The summed E-state index contributed by atoms with van der Waals surface area (Å²) in [5.74, 6) is -0.0162. The van der Waals surface area contributed by atoms with Crippen LogP contribution in [0.5, 0.6) is 5.75 Å². The molecule has 0 saturated carbocycles. The molecule has 0 atom stereocenters. The van der Waals surface area contributed by atoms with Gasteiger partial charge in [0.05, 0.1) is 5.69 Å². The topological polar surface area (TPSA) is 32.3 Å². The number of aromatic hydroxyl groups is 1. The average molecular weight is 183 g/mol. The zero-order chi connectivity index (χ0) is 10.1. The molecule has 3 heteroatoms. The minimum absolute atomic E-state index is 0.0162. The summed E-state index contributed by atoms with van der Waals surface area (Å²) in [6, 6.07) is 4.99. The van der Waals surface area contributed by atoms with Gasteiger partial charge in [-0.3, -0.25) is 0 Å². The van der Waals surface area contributed by atoms with Crippen molar-refractivity contribution in [1.82, 2.24) is 0 Å². The number of phenolic OH excluding ortho intramolecular Hbond substituents is 1. The zero-order valence-electron chi connectivity index (χ0n) is 8.06. The number of anilines is 1. The van der Waals surface area contributed by atoms with E-state index in [2.05, 4.69) is 5.32 Å². The Morgan fingerprint density at radius 3 is 2.46 bits per heavy atom. The van der Waals surface area contributed by atoms with Crippen molar-refractivity contribution in [3.05, 3.63) is 23.8 Å². The first-order valence-electron chi connectivity index (χ1n) is 4.16. The van der Waals surface area contributed by atoms with E-state index in [0.29, 0.717) is 11.3 Å². The van der Waals surface area contributed by atoms with E-state index in [1.54, 1.807) is 25.2 Å². The van der Waals surface area contributed by atoms with Crippen LogP contribution in [0.3, 0.4) is 0 Å². The van der Waals surface area contributed by atoms with Crippen molar-refractivity contribution in [3.8, 4) is 5.75 Å². The maximum atomic E-state index is 13.5. The Kier molecular flexibility index (Phi) is 2.45. The quantitative estimate of drug-likeness (QED) is 0.691. The predicted molar refractivity (Wildman–Crippen MR) is 51.8 cm³/mol. The molecule has 1 aromatic rings. The Labute approximate surface area is 77.4 Å². The number of rotatable bonds is 2. The third-order valence-corrected chi connectivity index (χ3v) is 1.95. The highest BCUT2D eigenvalue weighted by molar-refractivity contribution is 5.60. The van der Waals surface area contributed by atoms with Gasteiger partial charge in [-0.15, -0.1) is 0 Å². The molecule has 0 saturated heterocycles. The van der Waals surface area contributed by atoms with Gasteiger partial charge in [0.1, 0.15) is 11.4 Å². The van der Waals surface area contributed by atoms with Crippen LogP contribution in [0.15, 0.2) is 18.2 Å². The van der Waals surface area contributed by atoms with Gasteiger partial charge >= 0.3 is 0 Å². The van der Waals surface area contributed by atoms with Crippen LogP contribution in [0.4, 0.5) is 10.1 Å². The average Bonchev–Trinajstić information content (AvgIpc) is 2.02. The fraction of sp³-hybridized carbons (Fsp3) is 0.400. The van der Waals surface area contributed by atoms with Gasteiger partial charge in [0.15, 0.2) is 0 Å². The number of benzene rings is 1. The third kappa shape index (κ3) is 1.91. The van der Waals surface area contributed by atoms with E-state index in [9.17, 15) is 9.50 Å². The highest BCUT2D eigenvalue weighted by atomic mass is 19.1. The van der Waals surface area contributed by atoms with Gasteiger partial charge in [0, 0.05) is 12.6 Å². The molecule has 0 heterocycles. The first-order chi connectivity index (χ1) is 5.96. The summed E-state index contributed by atoms with van der Waals surface area (Å²) in [7, 11) is 1.68. The summed E-state index contributed by atoms with van der Waals surface area (Å²) in [6.45, 7) is 2.84. The molecule has 0 fully saturated rings. The lowest BCUT2D eigenvalue weighted by Gasteiger charge is -2.17. The zero-order valence-corrected chi connectivity index (χ0v) is 8.06. The first-order valence-corrected chi connectivity index (χ1v) is 4.16.